The molecule has 3 N–H and O–H groups in total. The van der Waals surface area contributed by atoms with Gasteiger partial charge in [-0.2, -0.15) is 0 Å². The van der Waals surface area contributed by atoms with E-state index in [0.29, 0.717) is 12.5 Å². The number of amides is 1. The standard InChI is InChI=1S/C13H26N2O2/c1-10(2)7-8-14-13(17)9-15-11-5-3-4-6-12(11)16/h10-12,15-16H,3-9H2,1-2H3,(H,14,17). The van der Waals surface area contributed by atoms with E-state index in [1.807, 2.05) is 0 Å². The zero-order valence-corrected chi connectivity index (χ0v) is 11.0. The lowest BCUT2D eigenvalue weighted by atomic mass is 9.93. The maximum Gasteiger partial charge on any atom is 0.233 e. The van der Waals surface area contributed by atoms with Crippen LogP contribution in [0.1, 0.15) is 46.0 Å². The van der Waals surface area contributed by atoms with Crippen molar-refractivity contribution in [1.82, 2.24) is 10.6 Å². The van der Waals surface area contributed by atoms with Gasteiger partial charge in [0.2, 0.25) is 5.91 Å². The van der Waals surface area contributed by atoms with Gasteiger partial charge in [-0.05, 0) is 25.2 Å². The molecule has 0 aromatic heterocycles. The fraction of sp³-hybridized carbons (Fsp3) is 0.923. The number of rotatable bonds is 6. The third-order valence-corrected chi connectivity index (χ3v) is 3.30. The van der Waals surface area contributed by atoms with Crippen LogP contribution in [0.4, 0.5) is 0 Å². The van der Waals surface area contributed by atoms with E-state index in [4.69, 9.17) is 0 Å². The van der Waals surface area contributed by atoms with Crippen LogP contribution in [0, 0.1) is 5.92 Å². The molecule has 1 aliphatic rings. The molecule has 1 aliphatic carbocycles. The Hall–Kier alpha value is -0.610. The molecule has 0 heterocycles. The zero-order valence-electron chi connectivity index (χ0n) is 11.0. The lowest BCUT2D eigenvalue weighted by molar-refractivity contribution is -0.120. The van der Waals surface area contributed by atoms with Crippen molar-refractivity contribution in [3.63, 3.8) is 0 Å². The predicted molar refractivity (Wildman–Crippen MR) is 68.7 cm³/mol. The van der Waals surface area contributed by atoms with Gasteiger partial charge in [-0.25, -0.2) is 0 Å². The van der Waals surface area contributed by atoms with Crippen LogP contribution in [0.3, 0.4) is 0 Å². The Morgan fingerprint density at radius 1 is 1.35 bits per heavy atom. The molecule has 2 unspecified atom stereocenters. The van der Waals surface area contributed by atoms with Crippen molar-refractivity contribution >= 4 is 5.91 Å². The number of aliphatic hydroxyl groups excluding tert-OH is 1. The lowest BCUT2D eigenvalue weighted by Gasteiger charge is -2.28. The molecular formula is C13H26N2O2. The quantitative estimate of drug-likeness (QED) is 0.652. The van der Waals surface area contributed by atoms with Gasteiger partial charge in [0, 0.05) is 12.6 Å². The number of carbonyl (C=O) groups is 1. The highest BCUT2D eigenvalue weighted by atomic mass is 16.3. The molecule has 1 amide bonds. The van der Waals surface area contributed by atoms with E-state index in [1.165, 1.54) is 0 Å². The minimum Gasteiger partial charge on any atom is -0.392 e. The van der Waals surface area contributed by atoms with Crippen LogP contribution in [0.25, 0.3) is 0 Å². The van der Waals surface area contributed by atoms with Gasteiger partial charge in [0.1, 0.15) is 0 Å². The molecule has 0 bridgehead atoms. The highest BCUT2D eigenvalue weighted by molar-refractivity contribution is 5.77. The summed E-state index contributed by atoms with van der Waals surface area (Å²) in [6.45, 7) is 5.34. The van der Waals surface area contributed by atoms with E-state index in [-0.39, 0.29) is 18.1 Å². The summed E-state index contributed by atoms with van der Waals surface area (Å²) in [6.07, 6.45) is 4.79. The topological polar surface area (TPSA) is 61.4 Å². The normalized spacial score (nSPS) is 24.9. The summed E-state index contributed by atoms with van der Waals surface area (Å²) in [7, 11) is 0. The molecule has 4 nitrogen and oxygen atoms in total. The highest BCUT2D eigenvalue weighted by Crippen LogP contribution is 2.17. The zero-order chi connectivity index (χ0) is 12.7. The van der Waals surface area contributed by atoms with Crippen LogP contribution in [-0.4, -0.2) is 36.2 Å². The van der Waals surface area contributed by atoms with E-state index >= 15 is 0 Å². The molecule has 1 fully saturated rings. The van der Waals surface area contributed by atoms with Gasteiger partial charge >= 0.3 is 0 Å². The first-order valence-corrected chi connectivity index (χ1v) is 6.77. The van der Waals surface area contributed by atoms with Crippen molar-refractivity contribution < 1.29 is 9.90 Å². The van der Waals surface area contributed by atoms with E-state index in [1.54, 1.807) is 0 Å². The minimum absolute atomic E-state index is 0.0309. The van der Waals surface area contributed by atoms with Gasteiger partial charge in [-0.15, -0.1) is 0 Å². The van der Waals surface area contributed by atoms with Gasteiger partial charge in [-0.1, -0.05) is 26.7 Å². The number of carbonyl (C=O) groups excluding carboxylic acids is 1. The van der Waals surface area contributed by atoms with Crippen molar-refractivity contribution in [2.75, 3.05) is 13.1 Å². The maximum absolute atomic E-state index is 11.5. The number of aliphatic hydroxyl groups is 1. The Balaban J connectivity index is 2.10. The van der Waals surface area contributed by atoms with Crippen molar-refractivity contribution in [1.29, 1.82) is 0 Å². The molecule has 2 atom stereocenters. The van der Waals surface area contributed by atoms with Gasteiger partial charge in [-0.3, -0.25) is 4.79 Å². The number of nitrogens with one attached hydrogen (secondary N) is 2. The van der Waals surface area contributed by atoms with E-state index in [9.17, 15) is 9.90 Å². The first kappa shape index (κ1) is 14.5. The summed E-state index contributed by atoms with van der Waals surface area (Å²) < 4.78 is 0. The van der Waals surface area contributed by atoms with Gasteiger partial charge < -0.3 is 15.7 Å². The summed E-state index contributed by atoms with van der Waals surface area (Å²) in [6, 6.07) is 0.0969. The van der Waals surface area contributed by atoms with Gasteiger partial charge in [0.15, 0.2) is 0 Å². The summed E-state index contributed by atoms with van der Waals surface area (Å²) in [5, 5.41) is 15.8. The average Bonchev–Trinajstić information content (AvgIpc) is 2.27. The summed E-state index contributed by atoms with van der Waals surface area (Å²) in [5.74, 6) is 0.645. The number of hydrogen-bond donors (Lipinski definition) is 3. The molecule has 0 aliphatic heterocycles. The van der Waals surface area contributed by atoms with Gasteiger partial charge in [0.25, 0.3) is 0 Å². The Bertz CT molecular complexity index is 231. The minimum atomic E-state index is -0.285. The van der Waals surface area contributed by atoms with Crippen LogP contribution in [0.5, 0.6) is 0 Å². The Kier molecular flexibility index (Phi) is 6.52. The Morgan fingerprint density at radius 2 is 2.06 bits per heavy atom. The van der Waals surface area contributed by atoms with Crippen LogP contribution in [0.15, 0.2) is 0 Å². The third kappa shape index (κ3) is 6.03. The predicted octanol–water partition coefficient (Wildman–Crippen LogP) is 1.04. The van der Waals surface area contributed by atoms with Crippen molar-refractivity contribution in [3.8, 4) is 0 Å². The smallest absolute Gasteiger partial charge is 0.233 e. The molecule has 1 saturated carbocycles. The molecule has 17 heavy (non-hydrogen) atoms. The molecule has 0 spiro atoms. The van der Waals surface area contributed by atoms with E-state index in [0.717, 1.165) is 38.6 Å². The van der Waals surface area contributed by atoms with E-state index < -0.39 is 0 Å². The van der Waals surface area contributed by atoms with Crippen molar-refractivity contribution in [3.05, 3.63) is 0 Å². The summed E-state index contributed by atoms with van der Waals surface area (Å²) >= 11 is 0. The second kappa shape index (κ2) is 7.67. The first-order chi connectivity index (χ1) is 8.09. The summed E-state index contributed by atoms with van der Waals surface area (Å²) in [5.41, 5.74) is 0. The lowest BCUT2D eigenvalue weighted by Crippen LogP contribution is -2.46. The second-order valence-corrected chi connectivity index (χ2v) is 5.37. The fourth-order valence-electron chi connectivity index (χ4n) is 2.14. The largest absolute Gasteiger partial charge is 0.392 e. The molecule has 0 radical (unpaired) electrons. The Labute approximate surface area is 104 Å². The Morgan fingerprint density at radius 3 is 2.71 bits per heavy atom. The van der Waals surface area contributed by atoms with Crippen LogP contribution in [0.2, 0.25) is 0 Å². The molecule has 0 aromatic carbocycles. The highest BCUT2D eigenvalue weighted by Gasteiger charge is 2.22. The average molecular weight is 242 g/mol. The molecule has 100 valence electrons. The van der Waals surface area contributed by atoms with Crippen LogP contribution in [-0.2, 0) is 4.79 Å². The van der Waals surface area contributed by atoms with Crippen LogP contribution < -0.4 is 10.6 Å². The molecule has 4 heteroatoms. The molecule has 1 rings (SSSR count). The van der Waals surface area contributed by atoms with Crippen molar-refractivity contribution in [2.24, 2.45) is 5.92 Å². The van der Waals surface area contributed by atoms with Crippen LogP contribution >= 0.6 is 0 Å². The SMILES string of the molecule is CC(C)CCNC(=O)CNC1CCCCC1O. The van der Waals surface area contributed by atoms with Crippen molar-refractivity contribution in [2.45, 2.75) is 58.1 Å². The number of hydrogen-bond acceptors (Lipinski definition) is 3. The monoisotopic (exact) mass is 242 g/mol. The third-order valence-electron chi connectivity index (χ3n) is 3.30. The summed E-state index contributed by atoms with van der Waals surface area (Å²) in [4.78, 5) is 11.5. The molecule has 0 saturated heterocycles. The maximum atomic E-state index is 11.5. The van der Waals surface area contributed by atoms with Gasteiger partial charge in [0.05, 0.1) is 12.6 Å². The first-order valence-electron chi connectivity index (χ1n) is 6.77. The molecule has 0 aromatic rings. The second-order valence-electron chi connectivity index (χ2n) is 5.37. The fourth-order valence-corrected chi connectivity index (χ4v) is 2.14. The molecular weight excluding hydrogens is 216 g/mol. The van der Waals surface area contributed by atoms with E-state index in [2.05, 4.69) is 24.5 Å².